The predicted octanol–water partition coefficient (Wildman–Crippen LogP) is 3.94. The van der Waals surface area contributed by atoms with Gasteiger partial charge in [-0.1, -0.05) is 6.42 Å². The quantitative estimate of drug-likeness (QED) is 0.606. The van der Waals surface area contributed by atoms with Gasteiger partial charge in [-0.15, -0.1) is 0 Å². The molecule has 1 aromatic rings. The summed E-state index contributed by atoms with van der Waals surface area (Å²) in [7, 11) is 0. The van der Waals surface area contributed by atoms with Crippen LogP contribution in [0, 0.1) is 17.8 Å². The van der Waals surface area contributed by atoms with Gasteiger partial charge in [0, 0.05) is 15.1 Å². The maximum Gasteiger partial charge on any atom is 0.0729 e. The second-order valence-electron chi connectivity index (χ2n) is 5.91. The summed E-state index contributed by atoms with van der Waals surface area (Å²) in [5, 5.41) is 0. The van der Waals surface area contributed by atoms with Crippen molar-refractivity contribution in [1.82, 2.24) is 10.4 Å². The Balaban J connectivity index is 1.73. The van der Waals surface area contributed by atoms with Crippen LogP contribution in [0.3, 0.4) is 0 Å². The average Bonchev–Trinajstić information content (AvgIpc) is 2.99. The molecule has 4 unspecified atom stereocenters. The van der Waals surface area contributed by atoms with E-state index in [9.17, 15) is 0 Å². The molecule has 19 heavy (non-hydrogen) atoms. The summed E-state index contributed by atoms with van der Waals surface area (Å²) >= 11 is 7.03. The van der Waals surface area contributed by atoms with Crippen LogP contribution in [0.1, 0.15) is 43.8 Å². The Labute approximate surface area is 131 Å². The zero-order chi connectivity index (χ0) is 13.4. The van der Waals surface area contributed by atoms with Crippen LogP contribution < -0.4 is 11.3 Å². The first-order valence-electron chi connectivity index (χ1n) is 6.94. The summed E-state index contributed by atoms with van der Waals surface area (Å²) in [6.45, 7) is 0. The summed E-state index contributed by atoms with van der Waals surface area (Å²) in [6, 6.07) is 2.18. The van der Waals surface area contributed by atoms with Crippen LogP contribution in [-0.2, 0) is 0 Å². The number of nitrogens with two attached hydrogens (primary N) is 1. The lowest BCUT2D eigenvalue weighted by Crippen LogP contribution is -2.31. The van der Waals surface area contributed by atoms with Gasteiger partial charge in [0.2, 0.25) is 0 Å². The minimum Gasteiger partial charge on any atom is -0.271 e. The van der Waals surface area contributed by atoms with Crippen molar-refractivity contribution in [1.29, 1.82) is 0 Å². The number of aromatic nitrogens is 1. The molecule has 1 aromatic heterocycles. The first-order valence-corrected chi connectivity index (χ1v) is 8.53. The van der Waals surface area contributed by atoms with Gasteiger partial charge in [0.05, 0.1) is 11.7 Å². The monoisotopic (exact) mass is 387 g/mol. The molecule has 2 fully saturated rings. The van der Waals surface area contributed by atoms with E-state index in [1.807, 2.05) is 12.3 Å². The smallest absolute Gasteiger partial charge is 0.0729 e. The van der Waals surface area contributed by atoms with Gasteiger partial charge in [0.1, 0.15) is 0 Å². The molecule has 0 aromatic carbocycles. The zero-order valence-corrected chi connectivity index (χ0v) is 14.0. The van der Waals surface area contributed by atoms with E-state index in [4.69, 9.17) is 5.84 Å². The van der Waals surface area contributed by atoms with Crippen molar-refractivity contribution >= 4 is 31.9 Å². The Morgan fingerprint density at radius 1 is 1.37 bits per heavy atom. The van der Waals surface area contributed by atoms with Gasteiger partial charge in [-0.05, 0) is 81.4 Å². The molecule has 3 N–H and O–H groups in total. The Bertz CT molecular complexity index is 466. The highest BCUT2D eigenvalue weighted by Gasteiger charge is 2.40. The normalized spacial score (nSPS) is 30.8. The number of hydrazine groups is 1. The molecule has 0 spiro atoms. The molecular formula is C14H19Br2N3. The van der Waals surface area contributed by atoms with Gasteiger partial charge in [0.25, 0.3) is 0 Å². The third-order valence-corrected chi connectivity index (χ3v) is 5.86. The second-order valence-corrected chi connectivity index (χ2v) is 7.68. The first-order chi connectivity index (χ1) is 9.17. The molecule has 4 atom stereocenters. The summed E-state index contributed by atoms with van der Waals surface area (Å²) in [5.41, 5.74) is 3.98. The van der Waals surface area contributed by atoms with Gasteiger partial charge in [-0.3, -0.25) is 16.3 Å². The highest BCUT2D eigenvalue weighted by atomic mass is 79.9. The molecule has 1 heterocycles. The lowest BCUT2D eigenvalue weighted by atomic mass is 9.83. The lowest BCUT2D eigenvalue weighted by molar-refractivity contribution is 0.277. The lowest BCUT2D eigenvalue weighted by Gasteiger charge is -2.26. The van der Waals surface area contributed by atoms with Crippen molar-refractivity contribution in [3.63, 3.8) is 0 Å². The van der Waals surface area contributed by atoms with Crippen LogP contribution >= 0.6 is 31.9 Å². The topological polar surface area (TPSA) is 50.9 Å². The number of hydrogen-bond acceptors (Lipinski definition) is 3. The summed E-state index contributed by atoms with van der Waals surface area (Å²) in [5.74, 6) is 8.49. The van der Waals surface area contributed by atoms with Gasteiger partial charge in [-0.2, -0.15) is 0 Å². The van der Waals surface area contributed by atoms with Crippen LogP contribution in [-0.4, -0.2) is 4.98 Å². The highest BCUT2D eigenvalue weighted by Crippen LogP contribution is 2.51. The van der Waals surface area contributed by atoms with Crippen molar-refractivity contribution in [2.24, 2.45) is 23.6 Å². The summed E-state index contributed by atoms with van der Waals surface area (Å²) in [4.78, 5) is 4.52. The standard InChI is InChI=1S/C14H19Br2N3/c15-11-6-12(16)14(18-7-11)13(19-17)5-10-4-8-1-2-9(10)3-8/h6-10,13,19H,1-5,17H2. The van der Waals surface area contributed by atoms with Crippen LogP contribution in [0.25, 0.3) is 0 Å². The molecule has 5 heteroatoms. The molecule has 0 radical (unpaired) electrons. The van der Waals surface area contributed by atoms with Crippen LogP contribution in [0.2, 0.25) is 0 Å². The first kappa shape index (κ1) is 14.0. The number of hydrogen-bond donors (Lipinski definition) is 2. The van der Waals surface area contributed by atoms with E-state index in [1.54, 1.807) is 0 Å². The van der Waals surface area contributed by atoms with Gasteiger partial charge < -0.3 is 0 Å². The third kappa shape index (κ3) is 2.89. The van der Waals surface area contributed by atoms with E-state index in [1.165, 1.54) is 25.7 Å². The molecule has 104 valence electrons. The van der Waals surface area contributed by atoms with E-state index < -0.39 is 0 Å². The molecule has 2 bridgehead atoms. The van der Waals surface area contributed by atoms with Gasteiger partial charge in [-0.25, -0.2) is 0 Å². The van der Waals surface area contributed by atoms with E-state index in [2.05, 4.69) is 42.3 Å². The number of fused-ring (bicyclic) bond motifs is 2. The Morgan fingerprint density at radius 3 is 2.79 bits per heavy atom. The van der Waals surface area contributed by atoms with Gasteiger partial charge in [0.15, 0.2) is 0 Å². The fourth-order valence-corrected chi connectivity index (χ4v) is 5.17. The number of nitrogens with zero attached hydrogens (tertiary/aromatic N) is 1. The molecular weight excluding hydrogens is 370 g/mol. The SMILES string of the molecule is NNC(CC1CC2CCC1C2)c1ncc(Br)cc1Br. The van der Waals surface area contributed by atoms with E-state index in [0.717, 1.165) is 38.8 Å². The predicted molar refractivity (Wildman–Crippen MR) is 83.3 cm³/mol. The Kier molecular flexibility index (Phi) is 4.27. The number of nitrogens with one attached hydrogen (secondary N) is 1. The number of pyridine rings is 1. The van der Waals surface area contributed by atoms with E-state index >= 15 is 0 Å². The minimum atomic E-state index is 0.145. The van der Waals surface area contributed by atoms with Crippen molar-refractivity contribution in [2.75, 3.05) is 0 Å². The zero-order valence-electron chi connectivity index (χ0n) is 10.8. The average molecular weight is 389 g/mol. The highest BCUT2D eigenvalue weighted by molar-refractivity contribution is 9.11. The van der Waals surface area contributed by atoms with E-state index in [-0.39, 0.29) is 6.04 Å². The van der Waals surface area contributed by atoms with Crippen LogP contribution in [0.4, 0.5) is 0 Å². The molecule has 0 amide bonds. The fraction of sp³-hybridized carbons (Fsp3) is 0.643. The Hall–Kier alpha value is 0.0300. The minimum absolute atomic E-state index is 0.145. The molecule has 2 aliphatic carbocycles. The third-order valence-electron chi connectivity index (χ3n) is 4.79. The Morgan fingerprint density at radius 2 is 2.21 bits per heavy atom. The molecule has 0 saturated heterocycles. The molecule has 3 rings (SSSR count). The summed E-state index contributed by atoms with van der Waals surface area (Å²) < 4.78 is 2.01. The van der Waals surface area contributed by atoms with Crippen molar-refractivity contribution in [3.8, 4) is 0 Å². The van der Waals surface area contributed by atoms with E-state index in [0.29, 0.717) is 0 Å². The van der Waals surface area contributed by atoms with Crippen molar-refractivity contribution in [2.45, 2.75) is 38.1 Å². The second kappa shape index (κ2) is 5.80. The molecule has 0 aliphatic heterocycles. The largest absolute Gasteiger partial charge is 0.271 e. The molecule has 2 saturated carbocycles. The number of halogens is 2. The fourth-order valence-electron chi connectivity index (χ4n) is 3.91. The summed E-state index contributed by atoms with van der Waals surface area (Å²) in [6.07, 6.45) is 8.63. The molecule has 2 aliphatic rings. The van der Waals surface area contributed by atoms with Crippen molar-refractivity contribution < 1.29 is 0 Å². The van der Waals surface area contributed by atoms with Gasteiger partial charge >= 0.3 is 0 Å². The van der Waals surface area contributed by atoms with Crippen LogP contribution in [0.15, 0.2) is 21.2 Å². The number of rotatable bonds is 4. The van der Waals surface area contributed by atoms with Crippen molar-refractivity contribution in [3.05, 3.63) is 26.9 Å². The maximum atomic E-state index is 5.77. The maximum absolute atomic E-state index is 5.77. The molecule has 3 nitrogen and oxygen atoms in total. The van der Waals surface area contributed by atoms with Crippen LogP contribution in [0.5, 0.6) is 0 Å².